The largest absolute Gasteiger partial charge is 0.522 e. The van der Waals surface area contributed by atoms with Gasteiger partial charge in [0.25, 0.3) is 0 Å². The summed E-state index contributed by atoms with van der Waals surface area (Å²) in [6, 6.07) is 0. The SMILES string of the molecule is CCCCCN1C=CN(C)C1.O=S(=O)(O)C(F)(F)F. The van der Waals surface area contributed by atoms with Crippen LogP contribution in [0, 0.1) is 0 Å². The summed E-state index contributed by atoms with van der Waals surface area (Å²) in [5.41, 5.74) is -5.53. The lowest BCUT2D eigenvalue weighted by Gasteiger charge is -2.17. The number of rotatable bonds is 4. The van der Waals surface area contributed by atoms with Gasteiger partial charge in [-0.15, -0.1) is 0 Å². The van der Waals surface area contributed by atoms with E-state index >= 15 is 0 Å². The van der Waals surface area contributed by atoms with Crippen molar-refractivity contribution in [3.05, 3.63) is 12.4 Å². The summed E-state index contributed by atoms with van der Waals surface area (Å²) >= 11 is 0. The molecule has 0 fully saturated rings. The average molecular weight is 304 g/mol. The molecule has 0 aromatic carbocycles. The molecule has 1 aliphatic rings. The van der Waals surface area contributed by atoms with Crippen LogP contribution in [-0.2, 0) is 10.1 Å². The molecule has 0 unspecified atom stereocenters. The maximum absolute atomic E-state index is 10.7. The van der Waals surface area contributed by atoms with Gasteiger partial charge in [-0.2, -0.15) is 21.6 Å². The Hall–Kier alpha value is -0.960. The zero-order valence-electron chi connectivity index (χ0n) is 10.9. The van der Waals surface area contributed by atoms with Gasteiger partial charge in [-0.3, -0.25) is 4.55 Å². The number of hydrogen-bond acceptors (Lipinski definition) is 4. The Morgan fingerprint density at radius 3 is 2.11 bits per heavy atom. The highest BCUT2D eigenvalue weighted by atomic mass is 32.2. The molecule has 1 N–H and O–H groups in total. The van der Waals surface area contributed by atoms with Crippen LogP contribution in [-0.4, -0.2) is 48.5 Å². The molecule has 0 saturated heterocycles. The quantitative estimate of drug-likeness (QED) is 0.490. The Morgan fingerprint density at radius 2 is 1.79 bits per heavy atom. The first-order chi connectivity index (χ1) is 8.58. The van der Waals surface area contributed by atoms with Gasteiger partial charge < -0.3 is 9.80 Å². The molecule has 0 amide bonds. The van der Waals surface area contributed by atoms with E-state index in [0.29, 0.717) is 0 Å². The summed E-state index contributed by atoms with van der Waals surface area (Å²) in [7, 11) is -3.73. The van der Waals surface area contributed by atoms with Gasteiger partial charge in [0.1, 0.15) is 0 Å². The molecule has 19 heavy (non-hydrogen) atoms. The van der Waals surface area contributed by atoms with E-state index in [0.717, 1.165) is 6.67 Å². The molecule has 0 saturated carbocycles. The molecule has 5 nitrogen and oxygen atoms in total. The maximum atomic E-state index is 10.7. The summed E-state index contributed by atoms with van der Waals surface area (Å²) in [6.07, 6.45) is 8.30. The van der Waals surface area contributed by atoms with Gasteiger partial charge in [0, 0.05) is 26.0 Å². The minimum atomic E-state index is -5.84. The molecule has 0 aliphatic carbocycles. The van der Waals surface area contributed by atoms with Crippen LogP contribution in [0.2, 0.25) is 0 Å². The monoisotopic (exact) mass is 304 g/mol. The van der Waals surface area contributed by atoms with Crippen molar-refractivity contribution >= 4 is 10.1 Å². The highest BCUT2D eigenvalue weighted by molar-refractivity contribution is 7.86. The second kappa shape index (κ2) is 7.59. The van der Waals surface area contributed by atoms with Crippen molar-refractivity contribution in [2.24, 2.45) is 0 Å². The van der Waals surface area contributed by atoms with Crippen LogP contribution in [0.3, 0.4) is 0 Å². The van der Waals surface area contributed by atoms with Crippen molar-refractivity contribution in [2.75, 3.05) is 20.3 Å². The zero-order chi connectivity index (χ0) is 15.1. The molecule has 1 aliphatic heterocycles. The van der Waals surface area contributed by atoms with Crippen molar-refractivity contribution in [1.29, 1.82) is 0 Å². The summed E-state index contributed by atoms with van der Waals surface area (Å²) in [5.74, 6) is 0. The Labute approximate surface area is 111 Å². The summed E-state index contributed by atoms with van der Waals surface area (Å²) < 4.78 is 57.5. The van der Waals surface area contributed by atoms with Crippen molar-refractivity contribution < 1.29 is 26.1 Å². The molecule has 0 aromatic rings. The van der Waals surface area contributed by atoms with Crippen molar-refractivity contribution in [3.8, 4) is 0 Å². The first-order valence-corrected chi connectivity index (χ1v) is 7.18. The number of hydrogen-bond donors (Lipinski definition) is 1. The van der Waals surface area contributed by atoms with E-state index in [4.69, 9.17) is 13.0 Å². The molecular weight excluding hydrogens is 285 g/mol. The van der Waals surface area contributed by atoms with Gasteiger partial charge in [0.05, 0.1) is 6.67 Å². The standard InChI is InChI=1S/C9H18N2.CHF3O3S/c1-3-4-5-6-11-8-7-10(2)9-11;2-1(3,4)8(5,6)7/h7-8H,3-6,9H2,1-2H3;(H,5,6,7). The van der Waals surface area contributed by atoms with E-state index in [1.165, 1.54) is 25.8 Å². The second-order valence-corrected chi connectivity index (χ2v) is 5.55. The summed E-state index contributed by atoms with van der Waals surface area (Å²) in [6.45, 7) is 4.53. The summed E-state index contributed by atoms with van der Waals surface area (Å²) in [5, 5.41) is 0. The van der Waals surface area contributed by atoms with Gasteiger partial charge in [-0.1, -0.05) is 19.8 Å². The Morgan fingerprint density at radius 1 is 1.26 bits per heavy atom. The molecule has 1 heterocycles. The average Bonchev–Trinajstić information content (AvgIpc) is 2.63. The minimum absolute atomic E-state index is 1.07. The van der Waals surface area contributed by atoms with Crippen LogP contribution in [0.25, 0.3) is 0 Å². The molecule has 9 heteroatoms. The highest BCUT2D eigenvalue weighted by Gasteiger charge is 2.44. The molecule has 0 atom stereocenters. The first kappa shape index (κ1) is 18.0. The predicted octanol–water partition coefficient (Wildman–Crippen LogP) is 2.25. The van der Waals surface area contributed by atoms with Gasteiger partial charge in [-0.05, 0) is 6.42 Å². The third-order valence-electron chi connectivity index (χ3n) is 2.28. The Balaban J connectivity index is 0.000000362. The van der Waals surface area contributed by atoms with Gasteiger partial charge in [0.15, 0.2) is 0 Å². The lowest BCUT2D eigenvalue weighted by molar-refractivity contribution is -0.0510. The van der Waals surface area contributed by atoms with E-state index in [1.807, 2.05) is 0 Å². The smallest absolute Gasteiger partial charge is 0.362 e. The molecule has 0 spiro atoms. The molecular formula is C10H19F3N2O3S. The predicted molar refractivity (Wildman–Crippen MR) is 65.6 cm³/mol. The lowest BCUT2D eigenvalue weighted by Crippen LogP contribution is -2.23. The summed E-state index contributed by atoms with van der Waals surface area (Å²) in [4.78, 5) is 4.56. The second-order valence-electron chi connectivity index (χ2n) is 4.14. The van der Waals surface area contributed by atoms with E-state index < -0.39 is 15.6 Å². The Bertz CT molecular complexity index is 382. The topological polar surface area (TPSA) is 60.9 Å². The molecule has 114 valence electrons. The fourth-order valence-corrected chi connectivity index (χ4v) is 1.30. The minimum Gasteiger partial charge on any atom is -0.362 e. The van der Waals surface area contributed by atoms with E-state index in [2.05, 4.69) is 36.2 Å². The van der Waals surface area contributed by atoms with Crippen LogP contribution in [0.5, 0.6) is 0 Å². The van der Waals surface area contributed by atoms with E-state index in [9.17, 15) is 13.2 Å². The number of alkyl halides is 3. The van der Waals surface area contributed by atoms with Gasteiger partial charge in [-0.25, -0.2) is 0 Å². The zero-order valence-corrected chi connectivity index (χ0v) is 11.7. The Kier molecular flexibility index (Phi) is 7.20. The fraction of sp³-hybridized carbons (Fsp3) is 0.800. The van der Waals surface area contributed by atoms with Crippen molar-refractivity contribution in [1.82, 2.24) is 9.80 Å². The van der Waals surface area contributed by atoms with Crippen molar-refractivity contribution in [3.63, 3.8) is 0 Å². The number of nitrogens with zero attached hydrogens (tertiary/aromatic N) is 2. The van der Waals surface area contributed by atoms with Crippen molar-refractivity contribution in [2.45, 2.75) is 31.7 Å². The van der Waals surface area contributed by atoms with Gasteiger partial charge in [0.2, 0.25) is 0 Å². The van der Waals surface area contributed by atoms with Crippen LogP contribution in [0.4, 0.5) is 13.2 Å². The van der Waals surface area contributed by atoms with E-state index in [-0.39, 0.29) is 0 Å². The third-order valence-corrected chi connectivity index (χ3v) is 2.86. The number of unbranched alkanes of at least 4 members (excludes halogenated alkanes) is 2. The van der Waals surface area contributed by atoms with Crippen LogP contribution in [0.1, 0.15) is 26.2 Å². The van der Waals surface area contributed by atoms with Crippen LogP contribution >= 0.6 is 0 Å². The third kappa shape index (κ3) is 7.93. The molecule has 0 bridgehead atoms. The fourth-order valence-electron chi connectivity index (χ4n) is 1.30. The first-order valence-electron chi connectivity index (χ1n) is 5.74. The molecule has 0 aromatic heterocycles. The molecule has 0 radical (unpaired) electrons. The normalized spacial score (nSPS) is 15.5. The van der Waals surface area contributed by atoms with Crippen LogP contribution in [0.15, 0.2) is 12.4 Å². The van der Waals surface area contributed by atoms with Crippen LogP contribution < -0.4 is 0 Å². The lowest BCUT2D eigenvalue weighted by atomic mass is 10.2. The highest BCUT2D eigenvalue weighted by Crippen LogP contribution is 2.20. The van der Waals surface area contributed by atoms with E-state index in [1.54, 1.807) is 0 Å². The molecule has 1 rings (SSSR count). The number of halogens is 3. The maximum Gasteiger partial charge on any atom is 0.522 e. The van der Waals surface area contributed by atoms with Gasteiger partial charge >= 0.3 is 15.6 Å².